The molecule has 4 rings (SSSR count). The average molecular weight is 338 g/mol. The molecule has 0 saturated carbocycles. The Labute approximate surface area is 143 Å². The van der Waals surface area contributed by atoms with Gasteiger partial charge in [0.2, 0.25) is 0 Å². The van der Waals surface area contributed by atoms with Crippen LogP contribution in [0.3, 0.4) is 0 Å². The number of nitrogens with one attached hydrogen (secondary N) is 2. The monoisotopic (exact) mass is 338 g/mol. The largest absolute Gasteiger partial charge is 0.351 e. The molecule has 0 aliphatic carbocycles. The third-order valence-corrected chi connectivity index (χ3v) is 4.61. The minimum absolute atomic E-state index is 0.0607. The summed E-state index contributed by atoms with van der Waals surface area (Å²) in [5, 5.41) is 9.77. The Morgan fingerprint density at radius 1 is 1.20 bits per heavy atom. The molecule has 3 aromatic rings. The molecule has 128 valence electrons. The maximum absolute atomic E-state index is 12.8. The van der Waals surface area contributed by atoms with Crippen molar-refractivity contribution in [2.45, 2.75) is 20.0 Å². The van der Waals surface area contributed by atoms with Crippen molar-refractivity contribution < 1.29 is 14.8 Å². The Kier molecular flexibility index (Phi) is 3.58. The molecule has 0 unspecified atom stereocenters. The maximum Gasteiger partial charge on any atom is 0.276 e. The van der Waals surface area contributed by atoms with Crippen LogP contribution in [0.4, 0.5) is 0 Å². The van der Waals surface area contributed by atoms with Crippen LogP contribution >= 0.6 is 0 Å². The molecule has 0 radical (unpaired) electrons. The molecule has 0 atom stereocenters. The van der Waals surface area contributed by atoms with Crippen molar-refractivity contribution in [2.24, 2.45) is 0 Å². The van der Waals surface area contributed by atoms with Gasteiger partial charge in [-0.3, -0.25) is 14.8 Å². The topological polar surface area (TPSA) is 90.4 Å². The standard InChI is InChI=1S/C18H18N4O3/c1-11-2-3-15-12(6-11)8-16(19-15)18(24)22-5-4-21-9-13(17(23)20-25)7-14(21)10-22/h2-3,6-9,19,25H,4-5,10H2,1H3,(H,20,23). The first-order valence-electron chi connectivity index (χ1n) is 8.07. The second-order valence-corrected chi connectivity index (χ2v) is 6.35. The zero-order chi connectivity index (χ0) is 17.6. The fraction of sp³-hybridized carbons (Fsp3) is 0.222. The van der Waals surface area contributed by atoms with Gasteiger partial charge < -0.3 is 14.5 Å². The number of carbonyl (C=O) groups is 2. The van der Waals surface area contributed by atoms with Crippen LogP contribution in [0.15, 0.2) is 36.5 Å². The third kappa shape index (κ3) is 2.68. The predicted molar refractivity (Wildman–Crippen MR) is 91.5 cm³/mol. The summed E-state index contributed by atoms with van der Waals surface area (Å²) >= 11 is 0. The second kappa shape index (κ2) is 5.78. The first kappa shape index (κ1) is 15.5. The summed E-state index contributed by atoms with van der Waals surface area (Å²) < 4.78 is 1.93. The summed E-state index contributed by atoms with van der Waals surface area (Å²) in [5.41, 5.74) is 5.53. The molecule has 3 N–H and O–H groups in total. The van der Waals surface area contributed by atoms with Crippen molar-refractivity contribution in [3.8, 4) is 0 Å². The summed E-state index contributed by atoms with van der Waals surface area (Å²) in [6.07, 6.45) is 1.69. The molecular weight excluding hydrogens is 320 g/mol. The summed E-state index contributed by atoms with van der Waals surface area (Å²) in [6, 6.07) is 9.60. The molecule has 1 aliphatic rings. The van der Waals surface area contributed by atoms with Gasteiger partial charge in [-0.25, -0.2) is 5.48 Å². The highest BCUT2D eigenvalue weighted by molar-refractivity contribution is 5.98. The molecule has 7 heteroatoms. The van der Waals surface area contributed by atoms with E-state index in [-0.39, 0.29) is 5.91 Å². The van der Waals surface area contributed by atoms with Gasteiger partial charge in [0.15, 0.2) is 0 Å². The van der Waals surface area contributed by atoms with Crippen molar-refractivity contribution in [2.75, 3.05) is 6.54 Å². The highest BCUT2D eigenvalue weighted by Gasteiger charge is 2.24. The van der Waals surface area contributed by atoms with Gasteiger partial charge in [-0.2, -0.15) is 0 Å². The number of fused-ring (bicyclic) bond motifs is 2. The quantitative estimate of drug-likeness (QED) is 0.493. The van der Waals surface area contributed by atoms with Gasteiger partial charge in [-0.15, -0.1) is 0 Å². The summed E-state index contributed by atoms with van der Waals surface area (Å²) in [4.78, 5) is 29.3. The molecule has 2 amide bonds. The van der Waals surface area contributed by atoms with Gasteiger partial charge >= 0.3 is 0 Å². The van der Waals surface area contributed by atoms with Crippen LogP contribution in [0.1, 0.15) is 32.1 Å². The van der Waals surface area contributed by atoms with Gasteiger partial charge in [0.1, 0.15) is 5.69 Å². The van der Waals surface area contributed by atoms with E-state index >= 15 is 0 Å². The van der Waals surface area contributed by atoms with E-state index in [0.717, 1.165) is 22.2 Å². The molecule has 0 bridgehead atoms. The number of aryl methyl sites for hydroxylation is 1. The van der Waals surface area contributed by atoms with E-state index in [1.54, 1.807) is 22.6 Å². The molecular formula is C18H18N4O3. The van der Waals surface area contributed by atoms with E-state index in [1.807, 2.05) is 35.8 Å². The van der Waals surface area contributed by atoms with E-state index in [2.05, 4.69) is 4.98 Å². The van der Waals surface area contributed by atoms with Gasteiger partial charge in [0.25, 0.3) is 11.8 Å². The number of nitrogens with zero attached hydrogens (tertiary/aromatic N) is 2. The van der Waals surface area contributed by atoms with Gasteiger partial charge in [0.05, 0.1) is 12.1 Å². The van der Waals surface area contributed by atoms with Crippen LogP contribution in [0, 0.1) is 6.92 Å². The van der Waals surface area contributed by atoms with Crippen LogP contribution in [-0.4, -0.2) is 38.0 Å². The number of rotatable bonds is 2. The number of amides is 2. The van der Waals surface area contributed by atoms with Crippen LogP contribution in [0.25, 0.3) is 10.9 Å². The Hall–Kier alpha value is -3.06. The van der Waals surface area contributed by atoms with E-state index < -0.39 is 5.91 Å². The highest BCUT2D eigenvalue weighted by Crippen LogP contribution is 2.21. The number of benzene rings is 1. The summed E-state index contributed by atoms with van der Waals surface area (Å²) in [7, 11) is 0. The highest BCUT2D eigenvalue weighted by atomic mass is 16.5. The Balaban J connectivity index is 1.58. The van der Waals surface area contributed by atoms with Crippen LogP contribution in [-0.2, 0) is 13.1 Å². The molecule has 0 saturated heterocycles. The molecule has 3 heterocycles. The van der Waals surface area contributed by atoms with Gasteiger partial charge in [-0.1, -0.05) is 11.6 Å². The molecule has 2 aromatic heterocycles. The number of hydroxylamine groups is 1. The SMILES string of the molecule is Cc1ccc2[nH]c(C(=O)N3CCn4cc(C(=O)NO)cc4C3)cc2c1. The summed E-state index contributed by atoms with van der Waals surface area (Å²) in [6.45, 7) is 3.62. The average Bonchev–Trinajstić information content (AvgIpc) is 3.22. The molecule has 25 heavy (non-hydrogen) atoms. The zero-order valence-corrected chi connectivity index (χ0v) is 13.7. The first-order valence-corrected chi connectivity index (χ1v) is 8.07. The fourth-order valence-electron chi connectivity index (χ4n) is 3.30. The Morgan fingerprint density at radius 2 is 2.04 bits per heavy atom. The Morgan fingerprint density at radius 3 is 2.84 bits per heavy atom. The number of carbonyl (C=O) groups excluding carboxylic acids is 2. The lowest BCUT2D eigenvalue weighted by atomic mass is 10.2. The first-order chi connectivity index (χ1) is 12.0. The molecule has 0 fully saturated rings. The molecule has 7 nitrogen and oxygen atoms in total. The smallest absolute Gasteiger partial charge is 0.276 e. The summed E-state index contributed by atoms with van der Waals surface area (Å²) in [5.74, 6) is -0.611. The minimum atomic E-state index is -0.550. The third-order valence-electron chi connectivity index (χ3n) is 4.61. The van der Waals surface area contributed by atoms with Crippen LogP contribution in [0.5, 0.6) is 0 Å². The predicted octanol–water partition coefficient (Wildman–Crippen LogP) is 2.05. The zero-order valence-electron chi connectivity index (χ0n) is 13.7. The number of aromatic amines is 1. The van der Waals surface area contributed by atoms with Crippen molar-refractivity contribution in [3.05, 3.63) is 59.0 Å². The van der Waals surface area contributed by atoms with Crippen LogP contribution in [0.2, 0.25) is 0 Å². The molecule has 1 aliphatic heterocycles. The fourth-order valence-corrected chi connectivity index (χ4v) is 3.30. The molecule has 1 aromatic carbocycles. The number of hydrogen-bond donors (Lipinski definition) is 3. The molecule has 0 spiro atoms. The van der Waals surface area contributed by atoms with E-state index in [4.69, 9.17) is 5.21 Å². The van der Waals surface area contributed by atoms with Crippen molar-refractivity contribution in [1.82, 2.24) is 19.9 Å². The number of aromatic nitrogens is 2. The lowest BCUT2D eigenvalue weighted by molar-refractivity contribution is 0.0700. The maximum atomic E-state index is 12.8. The lowest BCUT2D eigenvalue weighted by Gasteiger charge is -2.28. The van der Waals surface area contributed by atoms with Crippen molar-refractivity contribution in [1.29, 1.82) is 0 Å². The van der Waals surface area contributed by atoms with Gasteiger partial charge in [-0.05, 0) is 31.2 Å². The van der Waals surface area contributed by atoms with Crippen molar-refractivity contribution >= 4 is 22.7 Å². The number of hydrogen-bond acceptors (Lipinski definition) is 3. The normalized spacial score (nSPS) is 13.8. The van der Waals surface area contributed by atoms with Crippen LogP contribution < -0.4 is 5.48 Å². The van der Waals surface area contributed by atoms with Crippen molar-refractivity contribution in [3.63, 3.8) is 0 Å². The lowest BCUT2D eigenvalue weighted by Crippen LogP contribution is -2.38. The van der Waals surface area contributed by atoms with E-state index in [1.165, 1.54) is 0 Å². The van der Waals surface area contributed by atoms with Gasteiger partial charge in [0, 0.05) is 35.9 Å². The minimum Gasteiger partial charge on any atom is -0.351 e. The van der Waals surface area contributed by atoms with E-state index in [0.29, 0.717) is 30.9 Å². The second-order valence-electron chi connectivity index (χ2n) is 6.35. The Bertz CT molecular complexity index is 986. The number of H-pyrrole nitrogens is 1. The van der Waals surface area contributed by atoms with E-state index in [9.17, 15) is 9.59 Å².